The number of carbonyl (C=O) groups excluding carboxylic acids is 2. The second-order valence-corrected chi connectivity index (χ2v) is 15.1. The molecule has 1 saturated heterocycles. The molecule has 6 heterocycles. The number of pyridine rings is 1. The summed E-state index contributed by atoms with van der Waals surface area (Å²) in [6.07, 6.45) is 3.17. The fourth-order valence-electron chi connectivity index (χ4n) is 8.65. The first-order valence-corrected chi connectivity index (χ1v) is 19.5. The summed E-state index contributed by atoms with van der Waals surface area (Å²) >= 11 is 0. The van der Waals surface area contributed by atoms with E-state index in [-0.39, 0.29) is 36.9 Å². The molecule has 1 atom stereocenters. The van der Waals surface area contributed by atoms with Crippen LogP contribution in [-0.4, -0.2) is 102 Å². The van der Waals surface area contributed by atoms with Crippen molar-refractivity contribution < 1.29 is 33.3 Å². The van der Waals surface area contributed by atoms with Crippen LogP contribution in [0.2, 0.25) is 0 Å². The van der Waals surface area contributed by atoms with E-state index >= 15 is 9.59 Å². The number of nitrogens with zero attached hydrogens (tertiary/aromatic N) is 6. The van der Waals surface area contributed by atoms with Crippen molar-refractivity contribution >= 4 is 29.0 Å². The van der Waals surface area contributed by atoms with Crippen molar-refractivity contribution in [1.82, 2.24) is 19.4 Å². The Kier molecular flexibility index (Phi) is 9.79. The summed E-state index contributed by atoms with van der Waals surface area (Å²) < 4.78 is 33.6. The van der Waals surface area contributed by atoms with Gasteiger partial charge in [-0.05, 0) is 85.0 Å². The SMILES string of the molecule is Cc1c(C(=O)N(c2ccc(O)cc2)c2cnc3c(c2)CCN3C)cc(-c2cc3c(cc2C(=O)N2Cc4ccccc4C[C@H]2CN2CCOCC2)OCO3)n1CCF. The third kappa shape index (κ3) is 6.84. The first-order chi connectivity index (χ1) is 27.8. The van der Waals surface area contributed by atoms with Gasteiger partial charge in [0.15, 0.2) is 11.5 Å². The van der Waals surface area contributed by atoms with Crippen molar-refractivity contribution in [3.8, 4) is 28.5 Å². The zero-order valence-electron chi connectivity index (χ0n) is 32.1. The van der Waals surface area contributed by atoms with Crippen LogP contribution in [-0.2, 0) is 30.7 Å². The highest BCUT2D eigenvalue weighted by Crippen LogP contribution is 2.42. The Balaban J connectivity index is 1.15. The van der Waals surface area contributed by atoms with Gasteiger partial charge in [-0.2, -0.15) is 0 Å². The molecular formula is C44H45FN6O6. The molecule has 12 nitrogen and oxygen atoms in total. The molecule has 0 aliphatic carbocycles. The lowest BCUT2D eigenvalue weighted by molar-refractivity contribution is 0.0193. The van der Waals surface area contributed by atoms with Crippen LogP contribution in [0, 0.1) is 6.92 Å². The number of anilines is 3. The molecule has 57 heavy (non-hydrogen) atoms. The highest BCUT2D eigenvalue weighted by Gasteiger charge is 2.36. The van der Waals surface area contributed by atoms with E-state index in [1.54, 1.807) is 52.9 Å². The standard InChI is InChI=1S/C44H45FN6O6/c1-28-36(44(54)51(32-7-9-35(52)10-8-32)33-20-30-11-13-47(2)42(30)46-24-33)21-39(49(28)14-12-45)37-22-40-41(57-27-56-40)23-38(37)43(53)50-25-31-6-4-3-5-29(31)19-34(50)26-48-15-17-55-18-16-48/h3-10,20-24,34,52H,11-19,25-27H2,1-2H3/t34-/m0/s1. The van der Waals surface area contributed by atoms with Crippen LogP contribution in [0.3, 0.4) is 0 Å². The number of rotatable bonds is 9. The summed E-state index contributed by atoms with van der Waals surface area (Å²) in [5.41, 5.74) is 6.72. The van der Waals surface area contributed by atoms with Gasteiger partial charge >= 0.3 is 0 Å². The monoisotopic (exact) mass is 772 g/mol. The summed E-state index contributed by atoms with van der Waals surface area (Å²) in [5, 5.41) is 10.2. The summed E-state index contributed by atoms with van der Waals surface area (Å²) in [5.74, 6) is 1.31. The number of aromatic nitrogens is 2. The fourth-order valence-corrected chi connectivity index (χ4v) is 8.65. The number of hydrogen-bond donors (Lipinski definition) is 1. The van der Waals surface area contributed by atoms with Gasteiger partial charge in [-0.1, -0.05) is 24.3 Å². The van der Waals surface area contributed by atoms with E-state index in [0.29, 0.717) is 83.7 Å². The minimum Gasteiger partial charge on any atom is -0.508 e. The predicted octanol–water partition coefficient (Wildman–Crippen LogP) is 6.13. The summed E-state index contributed by atoms with van der Waals surface area (Å²) in [6, 6.07) is 21.8. The van der Waals surface area contributed by atoms with Gasteiger partial charge in [0.05, 0.1) is 48.5 Å². The number of halogens is 1. The molecule has 13 heteroatoms. The Hall–Kier alpha value is -5.92. The largest absolute Gasteiger partial charge is 0.508 e. The van der Waals surface area contributed by atoms with Crippen LogP contribution in [0.5, 0.6) is 17.2 Å². The van der Waals surface area contributed by atoms with E-state index in [1.165, 1.54) is 17.7 Å². The second-order valence-electron chi connectivity index (χ2n) is 15.1. The number of morpholine rings is 1. The Labute approximate surface area is 330 Å². The molecule has 1 N–H and O–H groups in total. The molecule has 0 spiro atoms. The van der Waals surface area contributed by atoms with Crippen LogP contribution in [0.1, 0.15) is 43.1 Å². The molecule has 4 aliphatic rings. The maximum absolute atomic E-state index is 15.2. The van der Waals surface area contributed by atoms with Gasteiger partial charge in [0.2, 0.25) is 6.79 Å². The summed E-state index contributed by atoms with van der Waals surface area (Å²) in [4.78, 5) is 42.8. The van der Waals surface area contributed by atoms with E-state index in [4.69, 9.17) is 19.2 Å². The van der Waals surface area contributed by atoms with Crippen molar-refractivity contribution in [1.29, 1.82) is 0 Å². The molecule has 1 fully saturated rings. The van der Waals surface area contributed by atoms with Gasteiger partial charge in [-0.25, -0.2) is 9.37 Å². The molecule has 0 saturated carbocycles. The Morgan fingerprint density at radius 2 is 1.67 bits per heavy atom. The summed E-state index contributed by atoms with van der Waals surface area (Å²) in [6.45, 7) is 5.90. The van der Waals surface area contributed by atoms with Crippen molar-refractivity contribution in [3.05, 3.63) is 113 Å². The lowest BCUT2D eigenvalue weighted by atomic mass is 9.92. The lowest BCUT2D eigenvalue weighted by Crippen LogP contribution is -2.52. The number of amides is 2. The van der Waals surface area contributed by atoms with Crippen LogP contribution in [0.25, 0.3) is 11.3 Å². The number of phenolic OH excluding ortho intramolecular Hbond substituents is 1. The maximum Gasteiger partial charge on any atom is 0.264 e. The third-order valence-corrected chi connectivity index (χ3v) is 11.7. The molecule has 5 aromatic rings. The Morgan fingerprint density at radius 3 is 2.44 bits per heavy atom. The number of carbonyl (C=O) groups is 2. The highest BCUT2D eigenvalue weighted by atomic mass is 19.1. The number of ether oxygens (including phenoxy) is 3. The number of fused-ring (bicyclic) bond motifs is 3. The average molecular weight is 773 g/mol. The molecule has 0 radical (unpaired) electrons. The van der Waals surface area contributed by atoms with Crippen molar-refractivity contribution in [2.75, 3.05) is 69.7 Å². The van der Waals surface area contributed by atoms with E-state index in [0.717, 1.165) is 43.0 Å². The number of hydrogen-bond acceptors (Lipinski definition) is 9. The average Bonchev–Trinajstić information content (AvgIpc) is 3.94. The molecular weight excluding hydrogens is 728 g/mol. The van der Waals surface area contributed by atoms with Crippen LogP contribution >= 0.6 is 0 Å². The van der Waals surface area contributed by atoms with Gasteiger partial charge in [-0.3, -0.25) is 19.4 Å². The van der Waals surface area contributed by atoms with Crippen LogP contribution in [0.4, 0.5) is 21.6 Å². The smallest absolute Gasteiger partial charge is 0.264 e. The zero-order valence-corrected chi connectivity index (χ0v) is 32.1. The lowest BCUT2D eigenvalue weighted by Gasteiger charge is -2.40. The van der Waals surface area contributed by atoms with E-state index in [1.807, 2.05) is 30.1 Å². The quantitative estimate of drug-likeness (QED) is 0.189. The maximum atomic E-state index is 15.2. The topological polar surface area (TPSA) is 113 Å². The molecule has 9 rings (SSSR count). The van der Waals surface area contributed by atoms with Gasteiger partial charge in [0.25, 0.3) is 11.8 Å². The van der Waals surface area contributed by atoms with E-state index in [2.05, 4.69) is 21.9 Å². The second kappa shape index (κ2) is 15.2. The van der Waals surface area contributed by atoms with Crippen LogP contribution in [0.15, 0.2) is 79.0 Å². The van der Waals surface area contributed by atoms with Crippen molar-refractivity contribution in [2.24, 2.45) is 0 Å². The Morgan fingerprint density at radius 1 is 0.912 bits per heavy atom. The number of phenols is 1. The number of benzene rings is 3. The van der Waals surface area contributed by atoms with E-state index in [9.17, 15) is 9.50 Å². The van der Waals surface area contributed by atoms with Gasteiger partial charge in [0.1, 0.15) is 18.2 Å². The fraction of sp³-hybridized carbons (Fsp3) is 0.341. The molecule has 0 unspecified atom stereocenters. The minimum atomic E-state index is -0.696. The van der Waals surface area contributed by atoms with Gasteiger partial charge < -0.3 is 33.7 Å². The van der Waals surface area contributed by atoms with Crippen molar-refractivity contribution in [2.45, 2.75) is 38.9 Å². The predicted molar refractivity (Wildman–Crippen MR) is 214 cm³/mol. The molecule has 4 aliphatic heterocycles. The van der Waals surface area contributed by atoms with Crippen LogP contribution < -0.4 is 19.3 Å². The van der Waals surface area contributed by atoms with Gasteiger partial charge in [-0.15, -0.1) is 0 Å². The Bertz CT molecular complexity index is 2340. The molecule has 2 amide bonds. The zero-order chi connectivity index (χ0) is 39.2. The first kappa shape index (κ1) is 36.7. The molecule has 3 aromatic carbocycles. The normalized spacial score (nSPS) is 17.4. The molecule has 2 aromatic heterocycles. The number of alkyl halides is 1. The highest BCUT2D eigenvalue weighted by molar-refractivity contribution is 6.12. The number of likely N-dealkylation sites (N-methyl/N-ethyl adjacent to an activating group) is 1. The van der Waals surface area contributed by atoms with E-state index < -0.39 is 6.67 Å². The number of aromatic hydroxyl groups is 1. The van der Waals surface area contributed by atoms with Gasteiger partial charge in [0, 0.05) is 62.8 Å². The molecule has 294 valence electrons. The minimum absolute atomic E-state index is 0.00358. The third-order valence-electron chi connectivity index (χ3n) is 11.7. The van der Waals surface area contributed by atoms with Crippen molar-refractivity contribution in [3.63, 3.8) is 0 Å². The molecule has 0 bridgehead atoms. The first-order valence-electron chi connectivity index (χ1n) is 19.5. The summed E-state index contributed by atoms with van der Waals surface area (Å²) in [7, 11) is 1.99.